The lowest BCUT2D eigenvalue weighted by Gasteiger charge is -2.27. The lowest BCUT2D eigenvalue weighted by atomic mass is 10.2. The number of carbonyl (C=O) groups is 1. The fourth-order valence-electron chi connectivity index (χ4n) is 2.23. The van der Waals surface area contributed by atoms with Gasteiger partial charge >= 0.3 is 0 Å². The summed E-state index contributed by atoms with van der Waals surface area (Å²) in [7, 11) is 0. The maximum absolute atomic E-state index is 12.4. The quantitative estimate of drug-likeness (QED) is 0.892. The van der Waals surface area contributed by atoms with Gasteiger partial charge in [0.05, 0.1) is 12.1 Å². The third-order valence-corrected chi connectivity index (χ3v) is 3.29. The van der Waals surface area contributed by atoms with Crippen LogP contribution in [0.1, 0.15) is 23.1 Å². The van der Waals surface area contributed by atoms with Crippen LogP contribution in [0, 0.1) is 0 Å². The van der Waals surface area contributed by atoms with Crippen LogP contribution in [0.5, 0.6) is 0 Å². The van der Waals surface area contributed by atoms with Gasteiger partial charge in [0.25, 0.3) is 5.91 Å². The van der Waals surface area contributed by atoms with Crippen molar-refractivity contribution in [2.45, 2.75) is 20.0 Å². The van der Waals surface area contributed by atoms with Gasteiger partial charge < -0.3 is 14.8 Å². The van der Waals surface area contributed by atoms with Crippen LogP contribution in [0.15, 0.2) is 24.7 Å². The summed E-state index contributed by atoms with van der Waals surface area (Å²) >= 11 is 0. The van der Waals surface area contributed by atoms with Crippen molar-refractivity contribution in [3.05, 3.63) is 36.0 Å². The molecule has 1 aliphatic heterocycles. The molecule has 7 nitrogen and oxygen atoms in total. The van der Waals surface area contributed by atoms with E-state index in [1.54, 1.807) is 23.5 Å². The van der Waals surface area contributed by atoms with Crippen LogP contribution in [0.4, 0.5) is 5.82 Å². The van der Waals surface area contributed by atoms with Gasteiger partial charge in [-0.25, -0.2) is 4.98 Å². The third-order valence-electron chi connectivity index (χ3n) is 3.29. The Kier molecular flexibility index (Phi) is 3.32. The Labute approximate surface area is 116 Å². The van der Waals surface area contributed by atoms with Crippen LogP contribution in [0.2, 0.25) is 0 Å². The highest BCUT2D eigenvalue weighted by molar-refractivity contribution is 5.94. The molecule has 1 aliphatic rings. The van der Waals surface area contributed by atoms with E-state index in [9.17, 15) is 4.79 Å². The number of hydrogen-bond donors (Lipinski definition) is 1. The Hall–Kier alpha value is -2.44. The van der Waals surface area contributed by atoms with Gasteiger partial charge in [-0.05, 0) is 19.1 Å². The molecule has 0 saturated heterocycles. The number of carbonyl (C=O) groups excluding carboxylic acids is 1. The van der Waals surface area contributed by atoms with E-state index < -0.39 is 0 Å². The van der Waals surface area contributed by atoms with Gasteiger partial charge in [0.2, 0.25) is 0 Å². The highest BCUT2D eigenvalue weighted by atomic mass is 16.2. The van der Waals surface area contributed by atoms with E-state index in [0.29, 0.717) is 18.7 Å². The molecule has 0 saturated carbocycles. The topological polar surface area (TPSA) is 75.9 Å². The van der Waals surface area contributed by atoms with E-state index in [1.807, 2.05) is 17.6 Å². The average Bonchev–Trinajstić information content (AvgIpc) is 2.95. The zero-order chi connectivity index (χ0) is 13.9. The van der Waals surface area contributed by atoms with E-state index >= 15 is 0 Å². The normalized spacial score (nSPS) is 13.9. The molecule has 0 fully saturated rings. The van der Waals surface area contributed by atoms with Crippen LogP contribution < -0.4 is 5.32 Å². The van der Waals surface area contributed by atoms with Crippen LogP contribution in [-0.2, 0) is 13.1 Å². The Bertz CT molecular complexity index is 606. The number of pyridine rings is 1. The van der Waals surface area contributed by atoms with E-state index in [1.165, 1.54) is 0 Å². The maximum atomic E-state index is 12.4. The summed E-state index contributed by atoms with van der Waals surface area (Å²) in [5.74, 6) is 1.58. The number of anilines is 1. The van der Waals surface area contributed by atoms with Crippen molar-refractivity contribution in [2.75, 3.05) is 18.4 Å². The molecule has 3 rings (SSSR count). The van der Waals surface area contributed by atoms with Gasteiger partial charge in [0.1, 0.15) is 12.1 Å². The summed E-state index contributed by atoms with van der Waals surface area (Å²) in [6, 6.07) is 3.62. The number of nitrogens with one attached hydrogen (secondary N) is 1. The largest absolute Gasteiger partial charge is 0.370 e. The Morgan fingerprint density at radius 3 is 3.05 bits per heavy atom. The lowest BCUT2D eigenvalue weighted by molar-refractivity contribution is 0.0707. The van der Waals surface area contributed by atoms with Crippen molar-refractivity contribution in [3.8, 4) is 0 Å². The molecule has 0 radical (unpaired) electrons. The minimum Gasteiger partial charge on any atom is -0.370 e. The molecule has 2 aromatic rings. The van der Waals surface area contributed by atoms with Crippen molar-refractivity contribution in [2.24, 2.45) is 0 Å². The zero-order valence-electron chi connectivity index (χ0n) is 11.3. The van der Waals surface area contributed by atoms with Crippen molar-refractivity contribution in [1.82, 2.24) is 24.6 Å². The van der Waals surface area contributed by atoms with Crippen molar-refractivity contribution < 1.29 is 4.79 Å². The molecule has 2 aromatic heterocycles. The molecule has 1 amide bonds. The van der Waals surface area contributed by atoms with Crippen molar-refractivity contribution in [1.29, 1.82) is 0 Å². The number of hydrogen-bond acceptors (Lipinski definition) is 5. The van der Waals surface area contributed by atoms with Crippen LogP contribution in [0.3, 0.4) is 0 Å². The van der Waals surface area contributed by atoms with Crippen molar-refractivity contribution >= 4 is 11.7 Å². The second-order valence-corrected chi connectivity index (χ2v) is 4.63. The molecule has 0 bridgehead atoms. The first-order chi connectivity index (χ1) is 9.78. The van der Waals surface area contributed by atoms with Crippen LogP contribution in [0.25, 0.3) is 0 Å². The molecule has 20 heavy (non-hydrogen) atoms. The Morgan fingerprint density at radius 1 is 1.40 bits per heavy atom. The highest BCUT2D eigenvalue weighted by Crippen LogP contribution is 2.14. The minimum atomic E-state index is -0.0187. The smallest absolute Gasteiger partial charge is 0.255 e. The average molecular weight is 272 g/mol. The van der Waals surface area contributed by atoms with Gasteiger partial charge in [-0.3, -0.25) is 4.79 Å². The summed E-state index contributed by atoms with van der Waals surface area (Å²) in [5.41, 5.74) is 0.597. The molecule has 0 aromatic carbocycles. The number of rotatable bonds is 3. The number of amides is 1. The summed E-state index contributed by atoms with van der Waals surface area (Å²) < 4.78 is 1.97. The highest BCUT2D eigenvalue weighted by Gasteiger charge is 2.22. The van der Waals surface area contributed by atoms with Gasteiger partial charge in [-0.1, -0.05) is 0 Å². The first kappa shape index (κ1) is 12.6. The molecule has 0 unspecified atom stereocenters. The maximum Gasteiger partial charge on any atom is 0.255 e. The fourth-order valence-corrected chi connectivity index (χ4v) is 2.23. The molecular weight excluding hydrogens is 256 g/mol. The fraction of sp³-hybridized carbons (Fsp3) is 0.385. The minimum absolute atomic E-state index is 0.0187. The Morgan fingerprint density at radius 2 is 2.30 bits per heavy atom. The van der Waals surface area contributed by atoms with Crippen molar-refractivity contribution in [3.63, 3.8) is 0 Å². The second-order valence-electron chi connectivity index (χ2n) is 4.63. The molecule has 0 spiro atoms. The first-order valence-electron chi connectivity index (χ1n) is 6.64. The standard InChI is InChI=1S/C13H16N6O/c1-2-14-11-4-3-10(7-15-11)13(20)18-5-6-19-9-16-17-12(19)8-18/h3-4,7,9H,2,5-6,8H2,1H3,(H,14,15). The zero-order valence-corrected chi connectivity index (χ0v) is 11.3. The van der Waals surface area contributed by atoms with Crippen LogP contribution >= 0.6 is 0 Å². The molecule has 0 atom stereocenters. The van der Waals surface area contributed by atoms with Gasteiger partial charge in [0, 0.05) is 25.8 Å². The van der Waals surface area contributed by atoms with Gasteiger partial charge in [0.15, 0.2) is 5.82 Å². The summed E-state index contributed by atoms with van der Waals surface area (Å²) in [6.45, 7) is 4.70. The van der Waals surface area contributed by atoms with E-state index in [2.05, 4.69) is 20.5 Å². The molecule has 7 heteroatoms. The van der Waals surface area contributed by atoms with Gasteiger partial charge in [-0.15, -0.1) is 10.2 Å². The molecule has 3 heterocycles. The second kappa shape index (κ2) is 5.28. The molecule has 104 valence electrons. The predicted octanol–water partition coefficient (Wildman–Crippen LogP) is 0.761. The third kappa shape index (κ3) is 2.34. The monoisotopic (exact) mass is 272 g/mol. The van der Waals surface area contributed by atoms with E-state index in [4.69, 9.17) is 0 Å². The predicted molar refractivity (Wildman–Crippen MR) is 73.2 cm³/mol. The van der Waals surface area contributed by atoms with E-state index in [-0.39, 0.29) is 5.91 Å². The Balaban J connectivity index is 1.73. The molecule has 0 aliphatic carbocycles. The summed E-state index contributed by atoms with van der Waals surface area (Å²) in [4.78, 5) is 18.4. The SMILES string of the molecule is CCNc1ccc(C(=O)N2CCn3cnnc3C2)cn1. The number of aromatic nitrogens is 4. The number of fused-ring (bicyclic) bond motifs is 1. The van der Waals surface area contributed by atoms with Gasteiger partial charge in [-0.2, -0.15) is 0 Å². The van der Waals surface area contributed by atoms with Crippen LogP contribution in [-0.4, -0.2) is 43.6 Å². The molecule has 1 N–H and O–H groups in total. The first-order valence-corrected chi connectivity index (χ1v) is 6.64. The van der Waals surface area contributed by atoms with E-state index in [0.717, 1.165) is 24.7 Å². The number of nitrogens with zero attached hydrogens (tertiary/aromatic N) is 5. The summed E-state index contributed by atoms with van der Waals surface area (Å²) in [5, 5.41) is 11.0. The lowest BCUT2D eigenvalue weighted by Crippen LogP contribution is -2.38. The molecular formula is C13H16N6O. The summed E-state index contributed by atoms with van der Waals surface area (Å²) in [6.07, 6.45) is 3.31.